The number of nitrogens with two attached hydrogens (primary N) is 1. The Kier molecular flexibility index (Phi) is 2.78. The molecular weight excluding hydrogens is 327 g/mol. The second-order valence-electron chi connectivity index (χ2n) is 4.73. The average molecular weight is 336 g/mol. The number of nitrogens with zero attached hydrogens (tertiary/aromatic N) is 4. The van der Waals surface area contributed by atoms with Crippen LogP contribution in [0.5, 0.6) is 0 Å². The van der Waals surface area contributed by atoms with Crippen molar-refractivity contribution in [2.24, 2.45) is 7.05 Å². The maximum atomic E-state index is 13.7. The van der Waals surface area contributed by atoms with E-state index < -0.39 is 0 Å². The summed E-state index contributed by atoms with van der Waals surface area (Å²) >= 11 is 2.22. The number of halogens is 1. The quantitative estimate of drug-likeness (QED) is 0.579. The average Bonchev–Trinajstić information content (AvgIpc) is 3.08. The number of aromatic amines is 1. The third-order valence-electron chi connectivity index (χ3n) is 3.37. The maximum Gasteiger partial charge on any atom is 0.288 e. The standard InChI is InChI=1S/C12H9FN6OS2/c1-19-7-4(3-15-18-11(7)20)8-10(19)17-6(21-8)2-5-9(13)22-12(14)16-5/h3H,2H2,1H3,(H2,14,16)(H,18,20). The van der Waals surface area contributed by atoms with Gasteiger partial charge in [0.25, 0.3) is 5.56 Å². The lowest BCUT2D eigenvalue weighted by Gasteiger charge is -1.95. The zero-order chi connectivity index (χ0) is 15.4. The molecule has 0 saturated heterocycles. The molecule has 3 N–H and O–H groups in total. The molecule has 0 atom stereocenters. The summed E-state index contributed by atoms with van der Waals surface area (Å²) in [7, 11) is 1.77. The van der Waals surface area contributed by atoms with Crippen LogP contribution in [0.1, 0.15) is 10.7 Å². The normalized spacial score (nSPS) is 11.7. The number of nitrogens with one attached hydrogen (secondary N) is 1. The van der Waals surface area contributed by atoms with Crippen LogP contribution in [0.3, 0.4) is 0 Å². The summed E-state index contributed by atoms with van der Waals surface area (Å²) in [5, 5.41) is 7.50. The predicted molar refractivity (Wildman–Crippen MR) is 83.8 cm³/mol. The molecule has 4 aromatic rings. The number of aryl methyl sites for hydroxylation is 1. The minimum Gasteiger partial charge on any atom is -0.375 e. The minimum atomic E-state index is -0.389. The molecule has 0 aromatic carbocycles. The number of nitrogen functional groups attached to an aromatic ring is 1. The van der Waals surface area contributed by atoms with E-state index in [-0.39, 0.29) is 22.2 Å². The summed E-state index contributed by atoms with van der Waals surface area (Å²) < 4.78 is 16.2. The van der Waals surface area contributed by atoms with Gasteiger partial charge in [-0.25, -0.2) is 15.1 Å². The van der Waals surface area contributed by atoms with Crippen LogP contribution in [0.4, 0.5) is 9.52 Å². The fourth-order valence-electron chi connectivity index (χ4n) is 2.43. The van der Waals surface area contributed by atoms with Crippen molar-refractivity contribution in [1.82, 2.24) is 24.7 Å². The van der Waals surface area contributed by atoms with Crippen LogP contribution in [-0.2, 0) is 13.5 Å². The Morgan fingerprint density at radius 3 is 2.95 bits per heavy atom. The molecule has 0 aliphatic heterocycles. The van der Waals surface area contributed by atoms with E-state index in [1.807, 2.05) is 0 Å². The largest absolute Gasteiger partial charge is 0.375 e. The van der Waals surface area contributed by atoms with Crippen LogP contribution in [-0.4, -0.2) is 24.7 Å². The summed E-state index contributed by atoms with van der Waals surface area (Å²) in [6.45, 7) is 0. The monoisotopic (exact) mass is 336 g/mol. The molecule has 22 heavy (non-hydrogen) atoms. The van der Waals surface area contributed by atoms with E-state index in [0.717, 1.165) is 21.4 Å². The number of thiazole rings is 2. The molecule has 0 fully saturated rings. The lowest BCUT2D eigenvalue weighted by molar-refractivity contribution is 0.637. The van der Waals surface area contributed by atoms with Gasteiger partial charge in [0.1, 0.15) is 10.5 Å². The van der Waals surface area contributed by atoms with Crippen LogP contribution in [0.25, 0.3) is 21.3 Å². The second-order valence-corrected chi connectivity index (χ2v) is 6.79. The summed E-state index contributed by atoms with van der Waals surface area (Å²) in [4.78, 5) is 20.3. The summed E-state index contributed by atoms with van der Waals surface area (Å²) in [5.74, 6) is 0. The van der Waals surface area contributed by atoms with Gasteiger partial charge in [0, 0.05) is 18.9 Å². The first-order valence-electron chi connectivity index (χ1n) is 6.26. The zero-order valence-corrected chi connectivity index (χ0v) is 12.9. The maximum absolute atomic E-state index is 13.7. The summed E-state index contributed by atoms with van der Waals surface area (Å²) in [5.41, 5.74) is 6.74. The first-order chi connectivity index (χ1) is 10.5. The molecule has 0 amide bonds. The molecule has 0 unspecified atom stereocenters. The van der Waals surface area contributed by atoms with E-state index in [9.17, 15) is 9.18 Å². The van der Waals surface area contributed by atoms with E-state index >= 15 is 0 Å². The van der Waals surface area contributed by atoms with Crippen LogP contribution in [0.2, 0.25) is 0 Å². The van der Waals surface area contributed by atoms with Crippen LogP contribution in [0, 0.1) is 5.13 Å². The van der Waals surface area contributed by atoms with Crippen molar-refractivity contribution in [2.45, 2.75) is 6.42 Å². The van der Waals surface area contributed by atoms with Crippen molar-refractivity contribution in [3.05, 3.63) is 32.4 Å². The smallest absolute Gasteiger partial charge is 0.288 e. The van der Waals surface area contributed by atoms with E-state index in [4.69, 9.17) is 5.73 Å². The molecule has 112 valence electrons. The number of aromatic nitrogens is 5. The van der Waals surface area contributed by atoms with E-state index in [0.29, 0.717) is 21.9 Å². The number of hydrogen-bond acceptors (Lipinski definition) is 7. The Hall–Kier alpha value is -2.33. The highest BCUT2D eigenvalue weighted by Crippen LogP contribution is 2.32. The number of rotatable bonds is 2. The van der Waals surface area contributed by atoms with E-state index in [1.165, 1.54) is 11.3 Å². The molecule has 0 spiro atoms. The van der Waals surface area contributed by atoms with Crippen LogP contribution >= 0.6 is 22.7 Å². The molecule has 0 saturated carbocycles. The Bertz CT molecular complexity index is 1070. The highest BCUT2D eigenvalue weighted by atomic mass is 32.1. The lowest BCUT2D eigenvalue weighted by Crippen LogP contribution is -2.10. The molecule has 4 heterocycles. The molecule has 4 rings (SSSR count). The Balaban J connectivity index is 1.88. The molecule has 10 heteroatoms. The van der Waals surface area contributed by atoms with Gasteiger partial charge in [0.05, 0.1) is 16.6 Å². The highest BCUT2D eigenvalue weighted by Gasteiger charge is 2.18. The zero-order valence-electron chi connectivity index (χ0n) is 11.3. The van der Waals surface area contributed by atoms with Crippen molar-refractivity contribution in [3.63, 3.8) is 0 Å². The second kappa shape index (κ2) is 4.58. The third-order valence-corrected chi connectivity index (χ3v) is 5.16. The molecule has 0 aliphatic rings. The van der Waals surface area contributed by atoms with E-state index in [1.54, 1.807) is 17.8 Å². The van der Waals surface area contributed by atoms with Gasteiger partial charge in [-0.1, -0.05) is 11.3 Å². The van der Waals surface area contributed by atoms with Gasteiger partial charge in [-0.05, 0) is 0 Å². The van der Waals surface area contributed by atoms with Gasteiger partial charge in [-0.2, -0.15) is 9.49 Å². The number of H-pyrrole nitrogens is 1. The van der Waals surface area contributed by atoms with Gasteiger partial charge in [-0.15, -0.1) is 11.3 Å². The number of fused-ring (bicyclic) bond motifs is 3. The van der Waals surface area contributed by atoms with Crippen molar-refractivity contribution in [2.75, 3.05) is 5.73 Å². The topological polar surface area (TPSA) is 102 Å². The van der Waals surface area contributed by atoms with Crippen LogP contribution in [0.15, 0.2) is 11.0 Å². The van der Waals surface area contributed by atoms with Gasteiger partial charge in [0.15, 0.2) is 10.8 Å². The van der Waals surface area contributed by atoms with Gasteiger partial charge >= 0.3 is 0 Å². The molecule has 4 aromatic heterocycles. The molecular formula is C12H9FN6OS2. The van der Waals surface area contributed by atoms with Gasteiger partial charge in [-0.3, -0.25) is 4.79 Å². The Labute approximate surface area is 130 Å². The van der Waals surface area contributed by atoms with Gasteiger partial charge in [0.2, 0.25) is 5.13 Å². The minimum absolute atomic E-state index is 0.204. The molecule has 0 aliphatic carbocycles. The van der Waals surface area contributed by atoms with Gasteiger partial charge < -0.3 is 10.3 Å². The van der Waals surface area contributed by atoms with Crippen molar-refractivity contribution in [3.8, 4) is 0 Å². The number of anilines is 1. The SMILES string of the molecule is Cn1c2nc(Cc3nc(N)sc3F)sc2c2cn[nH]c(=O)c21. The first kappa shape index (κ1) is 13.3. The highest BCUT2D eigenvalue weighted by molar-refractivity contribution is 7.19. The van der Waals surface area contributed by atoms with Crippen molar-refractivity contribution >= 4 is 49.1 Å². The number of hydrogen-bond donors (Lipinski definition) is 2. The summed E-state index contributed by atoms with van der Waals surface area (Å²) in [6, 6.07) is 0. The molecule has 0 bridgehead atoms. The Morgan fingerprint density at radius 1 is 1.41 bits per heavy atom. The lowest BCUT2D eigenvalue weighted by atomic mass is 10.3. The predicted octanol–water partition coefficient (Wildman–Crippen LogP) is 1.64. The van der Waals surface area contributed by atoms with Crippen molar-refractivity contribution in [1.29, 1.82) is 0 Å². The summed E-state index contributed by atoms with van der Waals surface area (Å²) in [6.07, 6.45) is 1.87. The van der Waals surface area contributed by atoms with Crippen LogP contribution < -0.4 is 11.3 Å². The fourth-order valence-corrected chi connectivity index (χ4v) is 4.12. The Morgan fingerprint density at radius 2 is 2.23 bits per heavy atom. The fraction of sp³-hybridized carbons (Fsp3) is 0.167. The van der Waals surface area contributed by atoms with Crippen molar-refractivity contribution < 1.29 is 4.39 Å². The molecule has 7 nitrogen and oxygen atoms in total. The molecule has 0 radical (unpaired) electrons. The first-order valence-corrected chi connectivity index (χ1v) is 7.90. The van der Waals surface area contributed by atoms with E-state index in [2.05, 4.69) is 20.2 Å². The third kappa shape index (κ3) is 1.84.